The number of hydrogen-bond acceptors (Lipinski definition) is 1. The van der Waals surface area contributed by atoms with Crippen LogP contribution in [-0.2, 0) is 6.18 Å². The molecular formula is C13H13F4N. The van der Waals surface area contributed by atoms with E-state index in [0.29, 0.717) is 25.3 Å². The van der Waals surface area contributed by atoms with Gasteiger partial charge in [0.15, 0.2) is 0 Å². The van der Waals surface area contributed by atoms with E-state index in [4.69, 9.17) is 12.2 Å². The highest BCUT2D eigenvalue weighted by atomic mass is 19.4. The van der Waals surface area contributed by atoms with Crippen molar-refractivity contribution >= 4 is 0 Å². The number of terminal acetylenes is 1. The molecule has 98 valence electrons. The Balaban J connectivity index is 2.94. The number of nitrogens with two attached hydrogens (primary N) is 1. The first-order valence-corrected chi connectivity index (χ1v) is 5.42. The molecule has 0 radical (unpaired) electrons. The Morgan fingerprint density at radius 1 is 1.33 bits per heavy atom. The lowest BCUT2D eigenvalue weighted by molar-refractivity contribution is -0.140. The predicted molar refractivity (Wildman–Crippen MR) is 61.0 cm³/mol. The maximum Gasteiger partial charge on any atom is 0.419 e. The van der Waals surface area contributed by atoms with Crippen LogP contribution in [0.5, 0.6) is 0 Å². The molecule has 1 aromatic carbocycles. The van der Waals surface area contributed by atoms with Crippen LogP contribution in [0, 0.1) is 18.2 Å². The summed E-state index contributed by atoms with van der Waals surface area (Å²) in [5.74, 6) is 1.10. The molecule has 2 N–H and O–H groups in total. The summed E-state index contributed by atoms with van der Waals surface area (Å²) in [6, 6.07) is 2.35. The third kappa shape index (κ3) is 3.47. The van der Waals surface area contributed by atoms with Crippen LogP contribution in [0.3, 0.4) is 0 Å². The van der Waals surface area contributed by atoms with E-state index >= 15 is 0 Å². The monoisotopic (exact) mass is 259 g/mol. The zero-order valence-corrected chi connectivity index (χ0v) is 9.60. The standard InChI is InChI=1S/C13H13F4N/c1-2-3-4-8-11(18)9-6-5-7-10(12(9)14)13(15,16)17/h1,5-7,11H,3-4,8,18H2. The minimum absolute atomic E-state index is 0.123. The number of benzene rings is 1. The van der Waals surface area contributed by atoms with Crippen LogP contribution in [0.2, 0.25) is 0 Å². The summed E-state index contributed by atoms with van der Waals surface area (Å²) in [4.78, 5) is 0. The first kappa shape index (κ1) is 14.5. The molecule has 0 aliphatic carbocycles. The summed E-state index contributed by atoms with van der Waals surface area (Å²) < 4.78 is 51.2. The molecule has 1 rings (SSSR count). The number of hydrogen-bond donors (Lipinski definition) is 1. The van der Waals surface area contributed by atoms with Crippen molar-refractivity contribution in [2.45, 2.75) is 31.5 Å². The van der Waals surface area contributed by atoms with Crippen LogP contribution >= 0.6 is 0 Å². The zero-order valence-electron chi connectivity index (χ0n) is 9.60. The zero-order chi connectivity index (χ0) is 13.8. The Morgan fingerprint density at radius 2 is 2.00 bits per heavy atom. The second kappa shape index (κ2) is 5.87. The van der Waals surface area contributed by atoms with Crippen LogP contribution in [0.25, 0.3) is 0 Å². The highest BCUT2D eigenvalue weighted by Gasteiger charge is 2.35. The quantitative estimate of drug-likeness (QED) is 0.498. The molecule has 1 nitrogen and oxygen atoms in total. The summed E-state index contributed by atoms with van der Waals surface area (Å²) in [5.41, 5.74) is 4.26. The molecule has 0 amide bonds. The van der Waals surface area contributed by atoms with E-state index in [-0.39, 0.29) is 5.56 Å². The fraction of sp³-hybridized carbons (Fsp3) is 0.385. The van der Waals surface area contributed by atoms with Gasteiger partial charge in [-0.05, 0) is 18.9 Å². The summed E-state index contributed by atoms with van der Waals surface area (Å²) in [7, 11) is 0. The highest BCUT2D eigenvalue weighted by molar-refractivity contribution is 5.30. The fourth-order valence-corrected chi connectivity index (χ4v) is 1.63. The molecule has 0 saturated carbocycles. The van der Waals surface area contributed by atoms with Crippen LogP contribution in [0.15, 0.2) is 18.2 Å². The van der Waals surface area contributed by atoms with E-state index < -0.39 is 23.6 Å². The molecule has 5 heteroatoms. The van der Waals surface area contributed by atoms with Gasteiger partial charge in [0.05, 0.1) is 5.56 Å². The lowest BCUT2D eigenvalue weighted by atomic mass is 9.99. The van der Waals surface area contributed by atoms with Crippen molar-refractivity contribution in [1.82, 2.24) is 0 Å². The Bertz CT molecular complexity index is 445. The maximum absolute atomic E-state index is 13.7. The number of halogens is 4. The molecule has 1 aromatic rings. The molecule has 0 heterocycles. The molecule has 0 aromatic heterocycles. The summed E-state index contributed by atoms with van der Waals surface area (Å²) in [5, 5.41) is 0. The van der Waals surface area contributed by atoms with Crippen LogP contribution < -0.4 is 5.73 Å². The molecule has 18 heavy (non-hydrogen) atoms. The third-order valence-corrected chi connectivity index (χ3v) is 2.57. The van der Waals surface area contributed by atoms with E-state index in [1.165, 1.54) is 6.07 Å². The van der Waals surface area contributed by atoms with Gasteiger partial charge in [0, 0.05) is 18.0 Å². The molecule has 0 saturated heterocycles. The van der Waals surface area contributed by atoms with Crippen molar-refractivity contribution in [1.29, 1.82) is 0 Å². The summed E-state index contributed by atoms with van der Waals surface area (Å²) in [6.07, 6.45) is 1.71. The molecular weight excluding hydrogens is 246 g/mol. The van der Waals surface area contributed by atoms with Crippen molar-refractivity contribution in [3.05, 3.63) is 35.1 Å². The normalized spacial score (nSPS) is 13.1. The van der Waals surface area contributed by atoms with Crippen molar-refractivity contribution in [2.75, 3.05) is 0 Å². The second-order valence-corrected chi connectivity index (χ2v) is 3.91. The minimum Gasteiger partial charge on any atom is -0.324 e. The predicted octanol–water partition coefficient (Wildman–Crippen LogP) is 3.65. The molecule has 0 spiro atoms. The average Bonchev–Trinajstić information content (AvgIpc) is 2.28. The van der Waals surface area contributed by atoms with E-state index in [1.807, 2.05) is 0 Å². The molecule has 0 aliphatic heterocycles. The van der Waals surface area contributed by atoms with Crippen LogP contribution in [0.4, 0.5) is 17.6 Å². The Kier molecular flexibility index (Phi) is 4.74. The van der Waals surface area contributed by atoms with Gasteiger partial charge in [-0.25, -0.2) is 4.39 Å². The Labute approximate surface area is 103 Å². The summed E-state index contributed by atoms with van der Waals surface area (Å²) >= 11 is 0. The van der Waals surface area contributed by atoms with E-state index in [1.54, 1.807) is 0 Å². The van der Waals surface area contributed by atoms with Gasteiger partial charge in [-0.1, -0.05) is 12.1 Å². The van der Waals surface area contributed by atoms with Gasteiger partial charge in [0.25, 0.3) is 0 Å². The fourth-order valence-electron chi connectivity index (χ4n) is 1.63. The highest BCUT2D eigenvalue weighted by Crippen LogP contribution is 2.34. The minimum atomic E-state index is -4.71. The van der Waals surface area contributed by atoms with Gasteiger partial charge in [0.1, 0.15) is 5.82 Å². The largest absolute Gasteiger partial charge is 0.419 e. The Hall–Kier alpha value is -1.54. The molecule has 0 bridgehead atoms. The molecule has 0 aliphatic rings. The van der Waals surface area contributed by atoms with Gasteiger partial charge in [-0.3, -0.25) is 0 Å². The van der Waals surface area contributed by atoms with Crippen molar-refractivity contribution in [2.24, 2.45) is 5.73 Å². The van der Waals surface area contributed by atoms with Gasteiger partial charge in [0.2, 0.25) is 0 Å². The van der Waals surface area contributed by atoms with Crippen molar-refractivity contribution in [3.8, 4) is 12.3 Å². The molecule has 1 unspecified atom stereocenters. The third-order valence-electron chi connectivity index (χ3n) is 2.57. The average molecular weight is 259 g/mol. The first-order valence-electron chi connectivity index (χ1n) is 5.42. The van der Waals surface area contributed by atoms with E-state index in [9.17, 15) is 17.6 Å². The van der Waals surface area contributed by atoms with Gasteiger partial charge >= 0.3 is 6.18 Å². The van der Waals surface area contributed by atoms with E-state index in [2.05, 4.69) is 5.92 Å². The van der Waals surface area contributed by atoms with Gasteiger partial charge in [-0.15, -0.1) is 12.3 Å². The molecule has 0 fully saturated rings. The van der Waals surface area contributed by atoms with Crippen molar-refractivity contribution in [3.63, 3.8) is 0 Å². The topological polar surface area (TPSA) is 26.0 Å². The lowest BCUT2D eigenvalue weighted by Gasteiger charge is -2.15. The summed E-state index contributed by atoms with van der Waals surface area (Å²) in [6.45, 7) is 0. The SMILES string of the molecule is C#CCCCC(N)c1cccc(C(F)(F)F)c1F. The van der Waals surface area contributed by atoms with Gasteiger partial charge in [-0.2, -0.15) is 13.2 Å². The van der Waals surface area contributed by atoms with Gasteiger partial charge < -0.3 is 5.73 Å². The van der Waals surface area contributed by atoms with Crippen molar-refractivity contribution < 1.29 is 17.6 Å². The van der Waals surface area contributed by atoms with Crippen LogP contribution in [-0.4, -0.2) is 0 Å². The molecule has 1 atom stereocenters. The van der Waals surface area contributed by atoms with Crippen LogP contribution in [0.1, 0.15) is 36.4 Å². The number of unbranched alkanes of at least 4 members (excludes halogenated alkanes) is 1. The van der Waals surface area contributed by atoms with E-state index in [0.717, 1.165) is 6.07 Å². The maximum atomic E-state index is 13.7. The number of rotatable bonds is 4. The number of alkyl halides is 3. The lowest BCUT2D eigenvalue weighted by Crippen LogP contribution is -2.16. The first-order chi connectivity index (χ1) is 8.38. The Morgan fingerprint density at radius 3 is 2.56 bits per heavy atom. The second-order valence-electron chi connectivity index (χ2n) is 3.91. The smallest absolute Gasteiger partial charge is 0.324 e.